The van der Waals surface area contributed by atoms with Crippen LogP contribution in [-0.2, 0) is 21.4 Å². The Balaban J connectivity index is 1.27. The average molecular weight is 701 g/mol. The number of thiazole rings is 1. The first kappa shape index (κ1) is 33.6. The molecule has 2 aromatic carbocycles. The maximum Gasteiger partial charge on any atom is 0.337 e. The molecule has 0 aliphatic carbocycles. The predicted octanol–water partition coefficient (Wildman–Crippen LogP) is 7.22. The largest absolute Gasteiger partial charge is 0.479 e. The molecule has 5 aromatic rings. The molecule has 2 aliphatic rings. The fraction of sp³-hybridized carbons (Fsp3) is 0.432. The van der Waals surface area contributed by atoms with Crippen molar-refractivity contribution in [3.63, 3.8) is 0 Å². The number of carbonyl (C=O) groups excluding carboxylic acids is 1. The lowest BCUT2D eigenvalue weighted by Crippen LogP contribution is -2.61. The summed E-state index contributed by atoms with van der Waals surface area (Å²) in [4.78, 5) is 43.9. The highest BCUT2D eigenvalue weighted by Crippen LogP contribution is 2.44. The van der Waals surface area contributed by atoms with E-state index in [0.717, 1.165) is 77.1 Å². The van der Waals surface area contributed by atoms with Gasteiger partial charge in [0.2, 0.25) is 5.91 Å². The number of hydrogen-bond acceptors (Lipinski definition) is 8. The topological polar surface area (TPSA) is 114 Å². The number of hydrogen-bond donors (Lipinski definition) is 1. The maximum atomic E-state index is 12.7. The van der Waals surface area contributed by atoms with Crippen LogP contribution in [-0.4, -0.2) is 84.1 Å². The minimum absolute atomic E-state index is 0.153. The summed E-state index contributed by atoms with van der Waals surface area (Å²) in [6, 6.07) is 9.84. The second-order valence-corrected chi connectivity index (χ2v) is 15.8. The fourth-order valence-corrected chi connectivity index (χ4v) is 8.44. The van der Waals surface area contributed by atoms with E-state index in [2.05, 4.69) is 15.7 Å². The molecular weight excluding hydrogens is 660 g/mol. The highest BCUT2D eigenvalue weighted by molar-refractivity contribution is 7.22. The molecule has 0 radical (unpaired) electrons. The lowest BCUT2D eigenvalue weighted by Gasteiger charge is -2.47. The van der Waals surface area contributed by atoms with Gasteiger partial charge in [0.25, 0.3) is 0 Å². The van der Waals surface area contributed by atoms with E-state index in [1.165, 1.54) is 16.9 Å². The number of benzene rings is 2. The Bertz CT molecular complexity index is 2070. The summed E-state index contributed by atoms with van der Waals surface area (Å²) in [5, 5.41) is 11.7. The van der Waals surface area contributed by atoms with Gasteiger partial charge in [-0.25, -0.2) is 19.7 Å². The van der Waals surface area contributed by atoms with Gasteiger partial charge in [-0.05, 0) is 88.9 Å². The Morgan fingerprint density at radius 1 is 1.10 bits per heavy atom. The molecule has 256 valence electrons. The molecule has 1 N–H and O–H groups in total. The molecule has 3 aromatic heterocycles. The molecule has 7 rings (SSSR count). The number of aromatic nitrogens is 4. The summed E-state index contributed by atoms with van der Waals surface area (Å²) in [6.07, 6.45) is 4.81. The van der Waals surface area contributed by atoms with Gasteiger partial charge in [0.05, 0.1) is 22.0 Å². The Hall–Kier alpha value is -3.90. The summed E-state index contributed by atoms with van der Waals surface area (Å²) in [6.45, 7) is 12.8. The number of piperidine rings is 1. The molecule has 2 fully saturated rings. The number of halogens is 1. The lowest BCUT2D eigenvalue weighted by molar-refractivity contribution is -0.160. The number of carboxylic acids is 1. The average Bonchev–Trinajstić information content (AvgIpc) is 3.59. The third kappa shape index (κ3) is 6.45. The van der Waals surface area contributed by atoms with Gasteiger partial charge in [0, 0.05) is 61.0 Å². The van der Waals surface area contributed by atoms with Crippen LogP contribution in [0.1, 0.15) is 69.2 Å². The number of carboxylic acid groups (broad SMARTS) is 1. The Labute approximate surface area is 294 Å². The Morgan fingerprint density at radius 3 is 2.43 bits per heavy atom. The second kappa shape index (κ2) is 12.8. The van der Waals surface area contributed by atoms with Crippen molar-refractivity contribution in [2.24, 2.45) is 7.05 Å². The highest BCUT2D eigenvalue weighted by atomic mass is 35.5. The minimum atomic E-state index is -1.19. The third-order valence-electron chi connectivity index (χ3n) is 9.72. The van der Waals surface area contributed by atoms with E-state index in [0.29, 0.717) is 33.2 Å². The first-order valence-corrected chi connectivity index (χ1v) is 17.9. The number of rotatable bonds is 7. The van der Waals surface area contributed by atoms with Crippen LogP contribution in [0.3, 0.4) is 0 Å². The third-order valence-corrected chi connectivity index (χ3v) is 11.1. The van der Waals surface area contributed by atoms with Crippen molar-refractivity contribution in [1.82, 2.24) is 29.3 Å². The van der Waals surface area contributed by atoms with Crippen LogP contribution < -0.4 is 0 Å². The van der Waals surface area contributed by atoms with E-state index in [4.69, 9.17) is 31.3 Å². The molecule has 2 saturated heterocycles. The number of likely N-dealkylation sites (tertiary alicyclic amines) is 2. The standard InChI is InChI=1S/C37H41ClN6O4S/c1-20-15-27-33(30(23-7-9-24(38)10-8-23)29(20)32(36(46)47)48-37(3,4)5)49-35(41-27)28-16-39-34-31(40-28)26(19-42(34)6)22-11-13-43(14-12-22)25-17-44(18-25)21(2)45/h7-10,15-16,19,22,25,32H,11-14,17-18H2,1-6H3,(H,46,47). The van der Waals surface area contributed by atoms with Gasteiger partial charge in [0.1, 0.15) is 16.2 Å². The quantitative estimate of drug-likeness (QED) is 0.189. The summed E-state index contributed by atoms with van der Waals surface area (Å²) in [5.74, 6) is -0.539. The smallest absolute Gasteiger partial charge is 0.337 e. The molecule has 0 bridgehead atoms. The Morgan fingerprint density at radius 2 is 1.80 bits per heavy atom. The van der Waals surface area contributed by atoms with Gasteiger partial charge >= 0.3 is 5.97 Å². The van der Waals surface area contributed by atoms with Gasteiger partial charge in [-0.2, -0.15) is 0 Å². The van der Waals surface area contributed by atoms with Crippen molar-refractivity contribution >= 4 is 56.2 Å². The monoisotopic (exact) mass is 700 g/mol. The number of fused-ring (bicyclic) bond motifs is 2. The van der Waals surface area contributed by atoms with Crippen LogP contribution in [0.15, 0.2) is 42.7 Å². The van der Waals surface area contributed by atoms with Crippen molar-refractivity contribution in [2.45, 2.75) is 71.1 Å². The molecule has 5 heterocycles. The van der Waals surface area contributed by atoms with Crippen molar-refractivity contribution in [3.8, 4) is 21.8 Å². The van der Waals surface area contributed by atoms with E-state index >= 15 is 0 Å². The summed E-state index contributed by atoms with van der Waals surface area (Å²) in [5.41, 5.74) is 6.66. The number of carbonyl (C=O) groups is 2. The van der Waals surface area contributed by atoms with Crippen LogP contribution in [0.5, 0.6) is 0 Å². The summed E-state index contributed by atoms with van der Waals surface area (Å²) >= 11 is 7.76. The molecule has 1 atom stereocenters. The van der Waals surface area contributed by atoms with E-state index in [9.17, 15) is 14.7 Å². The molecule has 0 spiro atoms. The summed E-state index contributed by atoms with van der Waals surface area (Å²) in [7, 11) is 2.01. The predicted molar refractivity (Wildman–Crippen MR) is 193 cm³/mol. The number of nitrogens with zero attached hydrogens (tertiary/aromatic N) is 6. The van der Waals surface area contributed by atoms with Crippen LogP contribution in [0.4, 0.5) is 0 Å². The molecule has 0 saturated carbocycles. The first-order chi connectivity index (χ1) is 23.3. The summed E-state index contributed by atoms with van der Waals surface area (Å²) < 4.78 is 9.08. The number of amides is 1. The van der Waals surface area contributed by atoms with Gasteiger partial charge in [-0.15, -0.1) is 11.3 Å². The Kier molecular flexibility index (Phi) is 8.75. The number of ether oxygens (including phenoxy) is 1. The lowest BCUT2D eigenvalue weighted by atomic mass is 9.89. The zero-order valence-corrected chi connectivity index (χ0v) is 30.2. The molecular formula is C37H41ClN6O4S. The van der Waals surface area contributed by atoms with E-state index in [1.807, 2.05) is 70.0 Å². The number of aryl methyl sites for hydroxylation is 2. The van der Waals surface area contributed by atoms with Crippen molar-refractivity contribution in [1.29, 1.82) is 0 Å². The van der Waals surface area contributed by atoms with Crippen LogP contribution in [0, 0.1) is 6.92 Å². The number of aliphatic carboxylic acids is 1. The zero-order chi connectivity index (χ0) is 34.8. The van der Waals surface area contributed by atoms with Crippen LogP contribution >= 0.6 is 22.9 Å². The van der Waals surface area contributed by atoms with Crippen LogP contribution in [0.25, 0.3) is 43.2 Å². The second-order valence-electron chi connectivity index (χ2n) is 14.3. The fourth-order valence-electron chi connectivity index (χ4n) is 7.23. The van der Waals surface area contributed by atoms with E-state index in [-0.39, 0.29) is 5.91 Å². The highest BCUT2D eigenvalue weighted by Gasteiger charge is 2.36. The van der Waals surface area contributed by atoms with Crippen molar-refractivity contribution in [2.75, 3.05) is 26.2 Å². The van der Waals surface area contributed by atoms with Crippen LogP contribution in [0.2, 0.25) is 5.02 Å². The van der Waals surface area contributed by atoms with E-state index in [1.54, 1.807) is 13.1 Å². The molecule has 1 unspecified atom stereocenters. The SMILES string of the molecule is CC(=O)N1CC(N2CCC(c3cn(C)c4ncc(-c5nc6cc(C)c(C(OC(C)(C)C)C(=O)O)c(-c7ccc(Cl)cc7)c6s5)nc34)CC2)C1. The normalized spacial score (nSPS) is 17.2. The molecule has 1 amide bonds. The first-order valence-electron chi connectivity index (χ1n) is 16.7. The van der Waals surface area contributed by atoms with Gasteiger partial charge in [0.15, 0.2) is 11.8 Å². The van der Waals surface area contributed by atoms with E-state index < -0.39 is 17.7 Å². The molecule has 10 nitrogen and oxygen atoms in total. The van der Waals surface area contributed by atoms with Crippen molar-refractivity contribution < 1.29 is 19.4 Å². The maximum absolute atomic E-state index is 12.7. The molecule has 49 heavy (non-hydrogen) atoms. The molecule has 12 heteroatoms. The van der Waals surface area contributed by atoms with Crippen molar-refractivity contribution in [3.05, 3.63) is 64.4 Å². The minimum Gasteiger partial charge on any atom is -0.479 e. The molecule has 2 aliphatic heterocycles. The van der Waals surface area contributed by atoms with Gasteiger partial charge in [-0.3, -0.25) is 9.69 Å². The van der Waals surface area contributed by atoms with Gasteiger partial charge in [-0.1, -0.05) is 23.7 Å². The zero-order valence-electron chi connectivity index (χ0n) is 28.7. The van der Waals surface area contributed by atoms with Gasteiger partial charge < -0.3 is 19.3 Å².